The van der Waals surface area contributed by atoms with Gasteiger partial charge >= 0.3 is 0 Å². The first-order chi connectivity index (χ1) is 6.55. The fourth-order valence-corrected chi connectivity index (χ4v) is 1.40. The molecule has 0 amide bonds. The van der Waals surface area contributed by atoms with Gasteiger partial charge in [-0.25, -0.2) is 0 Å². The number of likely N-dealkylation sites (N-methyl/N-ethyl adjacent to an activating group) is 1. The van der Waals surface area contributed by atoms with Crippen molar-refractivity contribution >= 4 is 5.57 Å². The summed E-state index contributed by atoms with van der Waals surface area (Å²) in [5, 5.41) is 3.27. The molecule has 76 valence electrons. The van der Waals surface area contributed by atoms with Gasteiger partial charge in [-0.15, -0.1) is 0 Å². The maximum Gasteiger partial charge on any atom is 0.0310 e. The van der Waals surface area contributed by atoms with Crippen LogP contribution in [0.1, 0.15) is 26.3 Å². The van der Waals surface area contributed by atoms with Gasteiger partial charge in [-0.05, 0) is 39.0 Å². The number of hydrogen-bond acceptors (Lipinski definition) is 1. The molecule has 0 spiro atoms. The van der Waals surface area contributed by atoms with Gasteiger partial charge in [0.05, 0.1) is 0 Å². The maximum absolute atomic E-state index is 3.27. The maximum atomic E-state index is 3.27. The van der Waals surface area contributed by atoms with Crippen molar-refractivity contribution in [2.75, 3.05) is 7.05 Å². The van der Waals surface area contributed by atoms with Crippen molar-refractivity contribution in [3.63, 3.8) is 0 Å². The van der Waals surface area contributed by atoms with Crippen LogP contribution in [0.25, 0.3) is 5.57 Å². The van der Waals surface area contributed by atoms with E-state index >= 15 is 0 Å². The van der Waals surface area contributed by atoms with E-state index in [1.54, 1.807) is 0 Å². The number of nitrogens with one attached hydrogen (secondary N) is 1. The zero-order valence-corrected chi connectivity index (χ0v) is 9.46. The zero-order valence-electron chi connectivity index (χ0n) is 9.46. The Hall–Kier alpha value is -1.08. The smallest absolute Gasteiger partial charge is 0.0310 e. The lowest BCUT2D eigenvalue weighted by Gasteiger charge is -2.20. The van der Waals surface area contributed by atoms with Crippen LogP contribution in [0.15, 0.2) is 36.4 Å². The Morgan fingerprint density at radius 2 is 1.79 bits per heavy atom. The molecule has 1 heteroatoms. The highest BCUT2D eigenvalue weighted by atomic mass is 14.9. The van der Waals surface area contributed by atoms with Gasteiger partial charge in [-0.3, -0.25) is 0 Å². The van der Waals surface area contributed by atoms with Crippen LogP contribution in [-0.4, -0.2) is 12.6 Å². The predicted octanol–water partition coefficient (Wildman–Crippen LogP) is 3.09. The quantitative estimate of drug-likeness (QED) is 0.770. The van der Waals surface area contributed by atoms with Crippen LogP contribution in [-0.2, 0) is 0 Å². The van der Waals surface area contributed by atoms with Gasteiger partial charge in [0.2, 0.25) is 0 Å². The minimum atomic E-state index is 0.0555. The van der Waals surface area contributed by atoms with Gasteiger partial charge in [-0.1, -0.05) is 36.4 Å². The van der Waals surface area contributed by atoms with Crippen LogP contribution < -0.4 is 5.32 Å². The third-order valence-electron chi connectivity index (χ3n) is 2.45. The molecule has 1 aromatic rings. The summed E-state index contributed by atoms with van der Waals surface area (Å²) in [5.74, 6) is 0. The Morgan fingerprint density at radius 1 is 1.21 bits per heavy atom. The molecule has 0 atom stereocenters. The van der Waals surface area contributed by atoms with Crippen LogP contribution >= 0.6 is 0 Å². The Kier molecular flexibility index (Phi) is 3.48. The van der Waals surface area contributed by atoms with E-state index in [9.17, 15) is 0 Å². The molecule has 0 heterocycles. The molecule has 0 saturated heterocycles. The molecule has 1 rings (SSSR count). The van der Waals surface area contributed by atoms with Crippen molar-refractivity contribution in [2.24, 2.45) is 0 Å². The van der Waals surface area contributed by atoms with Crippen LogP contribution in [0.5, 0.6) is 0 Å². The first-order valence-electron chi connectivity index (χ1n) is 4.99. The predicted molar refractivity (Wildman–Crippen MR) is 63.2 cm³/mol. The molecule has 1 aromatic carbocycles. The lowest BCUT2D eigenvalue weighted by molar-refractivity contribution is 0.529. The molecule has 1 N–H and O–H groups in total. The molecule has 14 heavy (non-hydrogen) atoms. The SMILES string of the molecule is CNC(C)(C)/C=C(\C)c1ccccc1. The zero-order chi connectivity index (χ0) is 10.6. The summed E-state index contributed by atoms with van der Waals surface area (Å²) in [6.45, 7) is 6.48. The third kappa shape index (κ3) is 3.00. The van der Waals surface area contributed by atoms with Crippen LogP contribution in [0, 0.1) is 0 Å². The number of hydrogen-bond donors (Lipinski definition) is 1. The Balaban J connectivity index is 2.91. The normalized spacial score (nSPS) is 13.0. The molecule has 0 radical (unpaired) electrons. The second-order valence-corrected chi connectivity index (χ2v) is 4.17. The average molecular weight is 189 g/mol. The van der Waals surface area contributed by atoms with Crippen molar-refractivity contribution in [3.8, 4) is 0 Å². The fraction of sp³-hybridized carbons (Fsp3) is 0.385. The van der Waals surface area contributed by atoms with Gasteiger partial charge < -0.3 is 5.32 Å². The average Bonchev–Trinajstić information content (AvgIpc) is 2.19. The highest BCUT2D eigenvalue weighted by molar-refractivity contribution is 5.64. The summed E-state index contributed by atoms with van der Waals surface area (Å²) < 4.78 is 0. The largest absolute Gasteiger partial charge is 0.311 e. The lowest BCUT2D eigenvalue weighted by Crippen LogP contribution is -2.33. The number of benzene rings is 1. The van der Waals surface area contributed by atoms with E-state index in [4.69, 9.17) is 0 Å². The van der Waals surface area contributed by atoms with E-state index in [1.165, 1.54) is 11.1 Å². The minimum absolute atomic E-state index is 0.0555. The molecule has 0 unspecified atom stereocenters. The van der Waals surface area contributed by atoms with E-state index in [-0.39, 0.29) is 5.54 Å². The number of rotatable bonds is 3. The summed E-state index contributed by atoms with van der Waals surface area (Å²) in [5.41, 5.74) is 2.65. The molecular formula is C13H19N. The van der Waals surface area contributed by atoms with Gasteiger partial charge in [-0.2, -0.15) is 0 Å². The van der Waals surface area contributed by atoms with Crippen molar-refractivity contribution in [1.82, 2.24) is 5.32 Å². The second kappa shape index (κ2) is 4.43. The monoisotopic (exact) mass is 189 g/mol. The Labute approximate surface area is 86.8 Å². The molecule has 0 aliphatic rings. The second-order valence-electron chi connectivity index (χ2n) is 4.17. The molecule has 0 aromatic heterocycles. The van der Waals surface area contributed by atoms with Crippen molar-refractivity contribution in [3.05, 3.63) is 42.0 Å². The van der Waals surface area contributed by atoms with Crippen LogP contribution in [0.4, 0.5) is 0 Å². The first-order valence-corrected chi connectivity index (χ1v) is 4.99. The van der Waals surface area contributed by atoms with Crippen molar-refractivity contribution in [1.29, 1.82) is 0 Å². The first kappa shape index (κ1) is 11.0. The third-order valence-corrected chi connectivity index (χ3v) is 2.45. The summed E-state index contributed by atoms with van der Waals surface area (Å²) in [6.07, 6.45) is 2.25. The topological polar surface area (TPSA) is 12.0 Å². The Morgan fingerprint density at radius 3 is 2.29 bits per heavy atom. The van der Waals surface area contributed by atoms with Gasteiger partial charge in [0.1, 0.15) is 0 Å². The van der Waals surface area contributed by atoms with E-state index in [2.05, 4.69) is 56.4 Å². The molecule has 0 aliphatic carbocycles. The summed E-state index contributed by atoms with van der Waals surface area (Å²) in [6, 6.07) is 10.5. The van der Waals surface area contributed by atoms with E-state index < -0.39 is 0 Å². The van der Waals surface area contributed by atoms with Crippen molar-refractivity contribution < 1.29 is 0 Å². The van der Waals surface area contributed by atoms with Gasteiger partial charge in [0, 0.05) is 5.54 Å². The fourth-order valence-electron chi connectivity index (χ4n) is 1.40. The molecule has 1 nitrogen and oxygen atoms in total. The van der Waals surface area contributed by atoms with E-state index in [0.717, 1.165) is 0 Å². The van der Waals surface area contributed by atoms with Crippen LogP contribution in [0.3, 0.4) is 0 Å². The highest BCUT2D eigenvalue weighted by Crippen LogP contribution is 2.17. The van der Waals surface area contributed by atoms with Crippen molar-refractivity contribution in [2.45, 2.75) is 26.3 Å². The van der Waals surface area contributed by atoms with Gasteiger partial charge in [0.15, 0.2) is 0 Å². The summed E-state index contributed by atoms with van der Waals surface area (Å²) in [7, 11) is 1.98. The Bertz CT molecular complexity index is 309. The van der Waals surface area contributed by atoms with Gasteiger partial charge in [0.25, 0.3) is 0 Å². The van der Waals surface area contributed by atoms with E-state index in [0.29, 0.717) is 0 Å². The molecule has 0 aliphatic heterocycles. The standard InChI is InChI=1S/C13H19N/c1-11(10-13(2,3)14-4)12-8-6-5-7-9-12/h5-10,14H,1-4H3/b11-10+. The highest BCUT2D eigenvalue weighted by Gasteiger charge is 2.10. The lowest BCUT2D eigenvalue weighted by atomic mass is 9.98. The molecule has 0 fully saturated rings. The summed E-state index contributed by atoms with van der Waals surface area (Å²) >= 11 is 0. The number of allylic oxidation sites excluding steroid dienone is 1. The molecular weight excluding hydrogens is 170 g/mol. The molecule has 0 saturated carbocycles. The summed E-state index contributed by atoms with van der Waals surface area (Å²) in [4.78, 5) is 0. The van der Waals surface area contributed by atoms with Crippen LogP contribution in [0.2, 0.25) is 0 Å². The minimum Gasteiger partial charge on any atom is -0.311 e. The van der Waals surface area contributed by atoms with E-state index in [1.807, 2.05) is 13.1 Å². The molecule has 0 bridgehead atoms.